The molecule has 1 atom stereocenters. The molecule has 1 heterocycles. The second-order valence-corrected chi connectivity index (χ2v) is 8.73. The number of hydrogen-bond donors (Lipinski definition) is 3. The van der Waals surface area contributed by atoms with Crippen LogP contribution in [0.3, 0.4) is 0 Å². The second-order valence-electron chi connectivity index (χ2n) is 6.94. The highest BCUT2D eigenvalue weighted by atomic mass is 35.5. The van der Waals surface area contributed by atoms with Crippen LogP contribution in [0, 0.1) is 0 Å². The lowest BCUT2D eigenvalue weighted by Gasteiger charge is -2.14. The number of carboxylic acids is 1. The van der Waals surface area contributed by atoms with Crippen molar-refractivity contribution in [3.8, 4) is 0 Å². The van der Waals surface area contributed by atoms with E-state index in [1.807, 2.05) is 0 Å². The molecule has 33 heavy (non-hydrogen) atoms. The minimum Gasteiger partial charge on any atom is -0.478 e. The van der Waals surface area contributed by atoms with Gasteiger partial charge in [0.1, 0.15) is 0 Å². The van der Waals surface area contributed by atoms with Crippen LogP contribution < -0.4 is 10.6 Å². The number of halogens is 2. The van der Waals surface area contributed by atoms with Gasteiger partial charge in [0.15, 0.2) is 11.0 Å². The number of amides is 2. The number of aromatic carboxylic acids is 1. The van der Waals surface area contributed by atoms with Gasteiger partial charge >= 0.3 is 5.97 Å². The van der Waals surface area contributed by atoms with E-state index >= 15 is 0 Å². The van der Waals surface area contributed by atoms with Crippen LogP contribution in [-0.2, 0) is 11.8 Å². The highest BCUT2D eigenvalue weighted by Crippen LogP contribution is 2.23. The van der Waals surface area contributed by atoms with Gasteiger partial charge in [-0.2, -0.15) is 0 Å². The molecule has 0 fully saturated rings. The molecular formula is C21H19Cl2N5O4S. The van der Waals surface area contributed by atoms with Gasteiger partial charge in [-0.3, -0.25) is 9.59 Å². The van der Waals surface area contributed by atoms with Gasteiger partial charge in [0, 0.05) is 17.8 Å². The highest BCUT2D eigenvalue weighted by molar-refractivity contribution is 7.99. The first-order valence-corrected chi connectivity index (χ1v) is 11.3. The third-order valence-corrected chi connectivity index (χ3v) is 6.07. The van der Waals surface area contributed by atoms with Crippen LogP contribution in [0.1, 0.15) is 39.5 Å². The molecule has 0 bridgehead atoms. The SMILES string of the molecule is C[C@H](NC(=O)c1ccc(Cl)cc1Cl)c1nnc(SCC(=O)Nc2cccc(C(=O)O)c2)n1C. The zero-order valence-corrected chi connectivity index (χ0v) is 19.8. The first-order chi connectivity index (χ1) is 15.7. The Labute approximate surface area is 203 Å². The van der Waals surface area contributed by atoms with Crippen LogP contribution >= 0.6 is 35.0 Å². The average Bonchev–Trinajstić information content (AvgIpc) is 3.12. The largest absolute Gasteiger partial charge is 0.478 e. The van der Waals surface area contributed by atoms with Gasteiger partial charge in [-0.1, -0.05) is 41.0 Å². The Hall–Kier alpha value is -3.08. The van der Waals surface area contributed by atoms with Crippen molar-refractivity contribution < 1.29 is 19.5 Å². The zero-order chi connectivity index (χ0) is 24.1. The molecule has 2 aromatic carbocycles. The van der Waals surface area contributed by atoms with E-state index in [0.29, 0.717) is 21.7 Å². The number of rotatable bonds is 8. The summed E-state index contributed by atoms with van der Waals surface area (Å²) in [5.41, 5.74) is 0.749. The van der Waals surface area contributed by atoms with Gasteiger partial charge in [-0.25, -0.2) is 4.79 Å². The number of hydrogen-bond acceptors (Lipinski definition) is 6. The van der Waals surface area contributed by atoms with Crippen molar-refractivity contribution in [2.45, 2.75) is 18.1 Å². The summed E-state index contributed by atoms with van der Waals surface area (Å²) in [5, 5.41) is 23.9. The van der Waals surface area contributed by atoms with Crippen LogP contribution in [0.2, 0.25) is 10.0 Å². The summed E-state index contributed by atoms with van der Waals surface area (Å²) < 4.78 is 1.68. The number of benzene rings is 2. The second kappa shape index (κ2) is 10.7. The summed E-state index contributed by atoms with van der Waals surface area (Å²) in [4.78, 5) is 35.9. The van der Waals surface area contributed by atoms with Crippen molar-refractivity contribution in [2.75, 3.05) is 11.1 Å². The van der Waals surface area contributed by atoms with Gasteiger partial charge in [0.2, 0.25) is 5.91 Å². The quantitative estimate of drug-likeness (QED) is 0.392. The number of carboxylic acid groups (broad SMARTS) is 1. The van der Waals surface area contributed by atoms with Crippen molar-refractivity contribution in [3.05, 3.63) is 69.5 Å². The molecule has 3 N–H and O–H groups in total. The predicted octanol–water partition coefficient (Wildman–Crippen LogP) is 4.04. The third-order valence-electron chi connectivity index (χ3n) is 4.50. The summed E-state index contributed by atoms with van der Waals surface area (Å²) in [5.74, 6) is -1.27. The van der Waals surface area contributed by atoms with E-state index in [-0.39, 0.29) is 33.7 Å². The molecule has 0 saturated heterocycles. The summed E-state index contributed by atoms with van der Waals surface area (Å²) in [6, 6.07) is 10.1. The summed E-state index contributed by atoms with van der Waals surface area (Å²) in [7, 11) is 1.73. The molecule has 2 amide bonds. The maximum absolute atomic E-state index is 12.5. The van der Waals surface area contributed by atoms with Crippen LogP contribution in [0.15, 0.2) is 47.6 Å². The van der Waals surface area contributed by atoms with Gasteiger partial charge in [-0.05, 0) is 43.3 Å². The first-order valence-electron chi connectivity index (χ1n) is 9.57. The Balaban J connectivity index is 1.59. The van der Waals surface area contributed by atoms with Crippen molar-refractivity contribution in [1.82, 2.24) is 20.1 Å². The van der Waals surface area contributed by atoms with Crippen LogP contribution in [-0.4, -0.2) is 43.4 Å². The van der Waals surface area contributed by atoms with Gasteiger partial charge in [-0.15, -0.1) is 10.2 Å². The summed E-state index contributed by atoms with van der Waals surface area (Å²) in [6.07, 6.45) is 0. The van der Waals surface area contributed by atoms with E-state index in [4.69, 9.17) is 28.3 Å². The molecule has 3 aromatic rings. The van der Waals surface area contributed by atoms with E-state index < -0.39 is 12.0 Å². The minimum absolute atomic E-state index is 0.0321. The lowest BCUT2D eigenvalue weighted by atomic mass is 10.2. The molecule has 0 spiro atoms. The molecule has 3 rings (SSSR count). The highest BCUT2D eigenvalue weighted by Gasteiger charge is 2.20. The molecule has 0 unspecified atom stereocenters. The van der Waals surface area contributed by atoms with Gasteiger partial charge < -0.3 is 20.3 Å². The maximum Gasteiger partial charge on any atom is 0.335 e. The van der Waals surface area contributed by atoms with E-state index in [0.717, 1.165) is 11.8 Å². The molecule has 12 heteroatoms. The minimum atomic E-state index is -1.08. The monoisotopic (exact) mass is 507 g/mol. The fourth-order valence-corrected chi connectivity index (χ4v) is 4.11. The number of carbonyl (C=O) groups is 3. The Morgan fingerprint density at radius 2 is 1.91 bits per heavy atom. The fraction of sp³-hybridized carbons (Fsp3) is 0.190. The van der Waals surface area contributed by atoms with E-state index in [2.05, 4.69) is 20.8 Å². The van der Waals surface area contributed by atoms with E-state index in [1.165, 1.54) is 24.3 Å². The first kappa shape index (κ1) is 24.6. The number of nitrogens with one attached hydrogen (secondary N) is 2. The fourth-order valence-electron chi connectivity index (χ4n) is 2.90. The Morgan fingerprint density at radius 3 is 2.61 bits per heavy atom. The smallest absolute Gasteiger partial charge is 0.335 e. The van der Waals surface area contributed by atoms with E-state index in [1.54, 1.807) is 36.7 Å². The third kappa shape index (κ3) is 6.25. The standard InChI is InChI=1S/C21H19Cl2N5O4S/c1-11(24-19(30)15-7-6-13(22)9-16(15)23)18-26-27-21(28(18)2)33-10-17(29)25-14-5-3-4-12(8-14)20(31)32/h3-9,11H,10H2,1-2H3,(H,24,30)(H,25,29)(H,31,32)/t11-/m0/s1. The topological polar surface area (TPSA) is 126 Å². The summed E-state index contributed by atoms with van der Waals surface area (Å²) >= 11 is 13.1. The van der Waals surface area contributed by atoms with Crippen molar-refractivity contribution >= 4 is 58.4 Å². The molecule has 0 aliphatic carbocycles. The molecule has 0 aliphatic rings. The number of thioether (sulfide) groups is 1. The summed E-state index contributed by atoms with van der Waals surface area (Å²) in [6.45, 7) is 1.75. The number of carbonyl (C=O) groups excluding carboxylic acids is 2. The van der Waals surface area contributed by atoms with Crippen molar-refractivity contribution in [2.24, 2.45) is 7.05 Å². The van der Waals surface area contributed by atoms with Crippen LogP contribution in [0.5, 0.6) is 0 Å². The number of aromatic nitrogens is 3. The molecule has 172 valence electrons. The normalized spacial score (nSPS) is 11.6. The van der Waals surface area contributed by atoms with Crippen molar-refractivity contribution in [1.29, 1.82) is 0 Å². The van der Waals surface area contributed by atoms with Gasteiger partial charge in [0.05, 0.1) is 27.9 Å². The van der Waals surface area contributed by atoms with Gasteiger partial charge in [0.25, 0.3) is 5.91 Å². The predicted molar refractivity (Wildman–Crippen MR) is 126 cm³/mol. The lowest BCUT2D eigenvalue weighted by molar-refractivity contribution is -0.113. The van der Waals surface area contributed by atoms with E-state index in [9.17, 15) is 14.4 Å². The average molecular weight is 508 g/mol. The van der Waals surface area contributed by atoms with Crippen LogP contribution in [0.25, 0.3) is 0 Å². The lowest BCUT2D eigenvalue weighted by Crippen LogP contribution is -2.28. The maximum atomic E-state index is 12.5. The Morgan fingerprint density at radius 1 is 1.15 bits per heavy atom. The van der Waals surface area contributed by atoms with Crippen LogP contribution in [0.4, 0.5) is 5.69 Å². The zero-order valence-electron chi connectivity index (χ0n) is 17.5. The molecule has 0 radical (unpaired) electrons. The molecule has 1 aromatic heterocycles. The molecular weight excluding hydrogens is 489 g/mol. The molecule has 9 nitrogen and oxygen atoms in total. The van der Waals surface area contributed by atoms with Crippen molar-refractivity contribution in [3.63, 3.8) is 0 Å². The number of anilines is 1. The Kier molecular flexibility index (Phi) is 7.96. The number of nitrogens with zero attached hydrogens (tertiary/aromatic N) is 3. The molecule has 0 aliphatic heterocycles. The molecule has 0 saturated carbocycles. The Bertz CT molecular complexity index is 1220.